The highest BCUT2D eigenvalue weighted by Gasteiger charge is 2.05. The number of aliphatic carboxylic acids is 1. The quantitative estimate of drug-likeness (QED) is 0.670. The summed E-state index contributed by atoms with van der Waals surface area (Å²) in [6, 6.07) is 8.01. The van der Waals surface area contributed by atoms with Gasteiger partial charge in [0.15, 0.2) is 0 Å². The maximum absolute atomic E-state index is 10.6. The molecule has 0 amide bonds. The van der Waals surface area contributed by atoms with E-state index in [9.17, 15) is 4.79 Å². The van der Waals surface area contributed by atoms with Crippen molar-refractivity contribution >= 4 is 5.97 Å². The molecule has 0 fully saturated rings. The molecule has 0 heterocycles. The van der Waals surface area contributed by atoms with E-state index >= 15 is 0 Å². The molecule has 0 unspecified atom stereocenters. The van der Waals surface area contributed by atoms with Gasteiger partial charge >= 0.3 is 5.97 Å². The van der Waals surface area contributed by atoms with E-state index < -0.39 is 5.97 Å². The minimum absolute atomic E-state index is 0.146. The summed E-state index contributed by atoms with van der Waals surface area (Å²) in [7, 11) is 0. The molecular weight excluding hydrogens is 204 g/mol. The summed E-state index contributed by atoms with van der Waals surface area (Å²) in [6.45, 7) is 4.24. The summed E-state index contributed by atoms with van der Waals surface area (Å²) in [6.07, 6.45) is 0. The number of hydrogen-bond donors (Lipinski definition) is 3. The van der Waals surface area contributed by atoms with Gasteiger partial charge in [-0.15, -0.1) is 0 Å². The van der Waals surface area contributed by atoms with Crippen molar-refractivity contribution < 1.29 is 9.90 Å². The van der Waals surface area contributed by atoms with Crippen LogP contribution in [0.25, 0.3) is 0 Å². The minimum Gasteiger partial charge on any atom is -0.477 e. The number of rotatable bonds is 4. The molecule has 1 rings (SSSR count). The van der Waals surface area contributed by atoms with Crippen molar-refractivity contribution in [3.8, 4) is 0 Å². The van der Waals surface area contributed by atoms with Crippen LogP contribution in [0.3, 0.4) is 0 Å². The van der Waals surface area contributed by atoms with Gasteiger partial charge in [0.1, 0.15) is 5.70 Å². The van der Waals surface area contributed by atoms with E-state index in [0.29, 0.717) is 12.2 Å². The van der Waals surface area contributed by atoms with Gasteiger partial charge in [-0.25, -0.2) is 4.79 Å². The van der Waals surface area contributed by atoms with E-state index in [1.54, 1.807) is 6.92 Å². The van der Waals surface area contributed by atoms with Crippen molar-refractivity contribution in [2.45, 2.75) is 20.4 Å². The Bertz CT molecular complexity index is 408. The monoisotopic (exact) mass is 220 g/mol. The number of nitrogens with two attached hydrogens (primary N) is 1. The molecule has 0 aliphatic carbocycles. The van der Waals surface area contributed by atoms with Gasteiger partial charge in [-0.3, -0.25) is 0 Å². The van der Waals surface area contributed by atoms with Gasteiger partial charge in [-0.1, -0.05) is 29.8 Å². The molecule has 0 saturated heterocycles. The van der Waals surface area contributed by atoms with E-state index in [2.05, 4.69) is 5.32 Å². The smallest absolute Gasteiger partial charge is 0.353 e. The molecule has 1 aromatic carbocycles. The molecular formula is C12H16N2O2. The zero-order valence-electron chi connectivity index (χ0n) is 9.45. The number of benzene rings is 1. The van der Waals surface area contributed by atoms with Gasteiger partial charge in [-0.2, -0.15) is 0 Å². The molecule has 0 aliphatic heterocycles. The lowest BCUT2D eigenvalue weighted by molar-refractivity contribution is -0.132. The van der Waals surface area contributed by atoms with E-state index in [-0.39, 0.29) is 5.70 Å². The Labute approximate surface area is 94.8 Å². The number of carboxylic acids is 1. The summed E-state index contributed by atoms with van der Waals surface area (Å²) in [4.78, 5) is 10.6. The first-order valence-electron chi connectivity index (χ1n) is 4.99. The maximum atomic E-state index is 10.6. The molecule has 86 valence electrons. The van der Waals surface area contributed by atoms with Crippen LogP contribution in [0, 0.1) is 6.92 Å². The largest absolute Gasteiger partial charge is 0.477 e. The lowest BCUT2D eigenvalue weighted by Gasteiger charge is -2.08. The Kier molecular flexibility index (Phi) is 3.94. The zero-order chi connectivity index (χ0) is 12.1. The van der Waals surface area contributed by atoms with Crippen LogP contribution in [-0.4, -0.2) is 11.1 Å². The van der Waals surface area contributed by atoms with Crippen LogP contribution < -0.4 is 11.1 Å². The molecule has 4 heteroatoms. The molecule has 0 saturated carbocycles. The highest BCUT2D eigenvalue weighted by molar-refractivity contribution is 5.86. The van der Waals surface area contributed by atoms with Gasteiger partial charge in [0, 0.05) is 12.2 Å². The number of carbonyl (C=O) groups is 1. The molecule has 4 N–H and O–H groups in total. The van der Waals surface area contributed by atoms with Crippen molar-refractivity contribution in [3.63, 3.8) is 0 Å². The maximum Gasteiger partial charge on any atom is 0.353 e. The van der Waals surface area contributed by atoms with Crippen LogP contribution in [-0.2, 0) is 11.3 Å². The van der Waals surface area contributed by atoms with Crippen LogP contribution in [0.1, 0.15) is 18.1 Å². The Morgan fingerprint density at radius 2 is 1.94 bits per heavy atom. The third kappa shape index (κ3) is 3.31. The minimum atomic E-state index is -1.10. The molecule has 0 spiro atoms. The summed E-state index contributed by atoms with van der Waals surface area (Å²) in [5.41, 5.74) is 7.98. The summed E-state index contributed by atoms with van der Waals surface area (Å²) in [5, 5.41) is 11.6. The second kappa shape index (κ2) is 5.21. The summed E-state index contributed by atoms with van der Waals surface area (Å²) in [5.74, 6) is -1.10. The normalized spacial score (nSPS) is 11.9. The predicted molar refractivity (Wildman–Crippen MR) is 62.5 cm³/mol. The summed E-state index contributed by atoms with van der Waals surface area (Å²) < 4.78 is 0. The van der Waals surface area contributed by atoms with Crippen LogP contribution >= 0.6 is 0 Å². The predicted octanol–water partition coefficient (Wildman–Crippen LogP) is 1.36. The van der Waals surface area contributed by atoms with Gasteiger partial charge in [0.25, 0.3) is 0 Å². The first-order chi connectivity index (χ1) is 7.50. The number of aryl methyl sites for hydroxylation is 1. The second-order valence-corrected chi connectivity index (χ2v) is 3.68. The van der Waals surface area contributed by atoms with Crippen molar-refractivity contribution in [3.05, 3.63) is 46.8 Å². The van der Waals surface area contributed by atoms with Gasteiger partial charge in [0.2, 0.25) is 0 Å². The Morgan fingerprint density at radius 3 is 2.44 bits per heavy atom. The van der Waals surface area contributed by atoms with Gasteiger partial charge < -0.3 is 16.2 Å². The zero-order valence-corrected chi connectivity index (χ0v) is 9.45. The second-order valence-electron chi connectivity index (χ2n) is 3.68. The van der Waals surface area contributed by atoms with Gasteiger partial charge in [0.05, 0.1) is 0 Å². The first-order valence-corrected chi connectivity index (χ1v) is 4.99. The number of hydrogen-bond acceptors (Lipinski definition) is 3. The van der Waals surface area contributed by atoms with E-state index in [0.717, 1.165) is 5.56 Å². The fourth-order valence-electron chi connectivity index (χ4n) is 1.20. The molecule has 4 nitrogen and oxygen atoms in total. The van der Waals surface area contributed by atoms with Crippen molar-refractivity contribution in [1.82, 2.24) is 5.32 Å². The highest BCUT2D eigenvalue weighted by Crippen LogP contribution is 2.04. The SMILES string of the molecule is C/C(NCc1ccc(C)cc1)=C(/N)C(=O)O. The van der Waals surface area contributed by atoms with Crippen molar-refractivity contribution in [1.29, 1.82) is 0 Å². The third-order valence-electron chi connectivity index (χ3n) is 2.31. The Hall–Kier alpha value is -1.97. The van der Waals surface area contributed by atoms with Crippen molar-refractivity contribution in [2.24, 2.45) is 5.73 Å². The average molecular weight is 220 g/mol. The molecule has 0 atom stereocenters. The van der Waals surface area contributed by atoms with Gasteiger partial charge in [-0.05, 0) is 19.4 Å². The number of nitrogens with one attached hydrogen (secondary N) is 1. The topological polar surface area (TPSA) is 75.3 Å². The van der Waals surface area contributed by atoms with Crippen LogP contribution in [0.15, 0.2) is 35.7 Å². The Morgan fingerprint density at radius 1 is 1.38 bits per heavy atom. The van der Waals surface area contributed by atoms with Crippen LogP contribution in [0.5, 0.6) is 0 Å². The van der Waals surface area contributed by atoms with E-state index in [1.807, 2.05) is 31.2 Å². The molecule has 1 aromatic rings. The Balaban J connectivity index is 2.61. The van der Waals surface area contributed by atoms with E-state index in [4.69, 9.17) is 10.8 Å². The highest BCUT2D eigenvalue weighted by atomic mass is 16.4. The number of carboxylic acid groups (broad SMARTS) is 1. The number of allylic oxidation sites excluding steroid dienone is 1. The molecule has 0 aromatic heterocycles. The first kappa shape index (κ1) is 12.1. The van der Waals surface area contributed by atoms with Crippen LogP contribution in [0.4, 0.5) is 0 Å². The molecule has 0 radical (unpaired) electrons. The lowest BCUT2D eigenvalue weighted by atomic mass is 10.1. The average Bonchev–Trinajstić information content (AvgIpc) is 2.26. The standard InChI is InChI=1S/C12H16N2O2/c1-8-3-5-10(6-4-8)7-14-9(2)11(13)12(15)16/h3-6,14H,7,13H2,1-2H3,(H,15,16)/b11-9-. The van der Waals surface area contributed by atoms with Crippen LogP contribution in [0.2, 0.25) is 0 Å². The fourth-order valence-corrected chi connectivity index (χ4v) is 1.20. The summed E-state index contributed by atoms with van der Waals surface area (Å²) >= 11 is 0. The van der Waals surface area contributed by atoms with E-state index in [1.165, 1.54) is 5.56 Å². The fraction of sp³-hybridized carbons (Fsp3) is 0.250. The lowest BCUT2D eigenvalue weighted by Crippen LogP contribution is -2.20. The third-order valence-corrected chi connectivity index (χ3v) is 2.31. The molecule has 0 aliphatic rings. The molecule has 0 bridgehead atoms. The van der Waals surface area contributed by atoms with Crippen molar-refractivity contribution in [2.75, 3.05) is 0 Å². The molecule has 16 heavy (non-hydrogen) atoms.